The van der Waals surface area contributed by atoms with Crippen LogP contribution in [0, 0.1) is 0 Å². The minimum atomic E-state index is 0.205. The summed E-state index contributed by atoms with van der Waals surface area (Å²) in [5.41, 5.74) is 7.79. The summed E-state index contributed by atoms with van der Waals surface area (Å²) in [5.74, 6) is 0.734. The second-order valence-corrected chi connectivity index (χ2v) is 5.48. The lowest BCUT2D eigenvalue weighted by Gasteiger charge is -2.30. The van der Waals surface area contributed by atoms with Crippen molar-refractivity contribution in [2.45, 2.75) is 18.9 Å². The van der Waals surface area contributed by atoms with Crippen molar-refractivity contribution in [3.8, 4) is 11.3 Å². The minimum absolute atomic E-state index is 0.205. The van der Waals surface area contributed by atoms with E-state index in [-0.39, 0.29) is 6.04 Å². The second-order valence-electron chi connectivity index (χ2n) is 5.07. The van der Waals surface area contributed by atoms with Gasteiger partial charge in [0.2, 0.25) is 5.95 Å². The highest BCUT2D eigenvalue weighted by Crippen LogP contribution is 2.27. The van der Waals surface area contributed by atoms with Crippen molar-refractivity contribution in [3.63, 3.8) is 0 Å². The molecule has 2 aromatic rings. The van der Waals surface area contributed by atoms with E-state index in [0.29, 0.717) is 5.02 Å². The van der Waals surface area contributed by atoms with Gasteiger partial charge in [0.1, 0.15) is 0 Å². The molecule has 1 aromatic heterocycles. The molecule has 0 radical (unpaired) electrons. The summed E-state index contributed by atoms with van der Waals surface area (Å²) in [6.07, 6.45) is 3.93. The molecule has 0 spiro atoms. The van der Waals surface area contributed by atoms with Crippen LogP contribution in [0.5, 0.6) is 0 Å². The zero-order valence-electron chi connectivity index (χ0n) is 11.2. The third-order valence-electron chi connectivity index (χ3n) is 3.53. The fraction of sp³-hybridized carbons (Fsp3) is 0.333. The summed E-state index contributed by atoms with van der Waals surface area (Å²) in [6.45, 7) is 1.77. The molecule has 1 aliphatic rings. The van der Waals surface area contributed by atoms with E-state index in [1.165, 1.54) is 0 Å². The van der Waals surface area contributed by atoms with Crippen LogP contribution in [0.25, 0.3) is 11.3 Å². The van der Waals surface area contributed by atoms with Gasteiger partial charge in [-0.3, -0.25) is 0 Å². The van der Waals surface area contributed by atoms with Gasteiger partial charge in [-0.05, 0) is 25.0 Å². The second kappa shape index (κ2) is 5.77. The first-order valence-electron chi connectivity index (χ1n) is 6.82. The molecular formula is C15H17ClN4. The first-order valence-corrected chi connectivity index (χ1v) is 7.20. The lowest BCUT2D eigenvalue weighted by atomic mass is 10.1. The fourth-order valence-electron chi connectivity index (χ4n) is 2.51. The normalized spacial score (nSPS) is 19.1. The van der Waals surface area contributed by atoms with Gasteiger partial charge in [0, 0.05) is 35.9 Å². The van der Waals surface area contributed by atoms with Crippen molar-refractivity contribution in [2.75, 3.05) is 18.0 Å². The Morgan fingerprint density at radius 3 is 2.90 bits per heavy atom. The number of anilines is 1. The lowest BCUT2D eigenvalue weighted by Crippen LogP contribution is -2.43. The topological polar surface area (TPSA) is 55.0 Å². The van der Waals surface area contributed by atoms with Crippen LogP contribution in [-0.2, 0) is 0 Å². The maximum Gasteiger partial charge on any atom is 0.225 e. The molecule has 20 heavy (non-hydrogen) atoms. The molecular weight excluding hydrogens is 272 g/mol. The number of aromatic nitrogens is 2. The largest absolute Gasteiger partial charge is 0.339 e. The van der Waals surface area contributed by atoms with E-state index in [4.69, 9.17) is 17.3 Å². The smallest absolute Gasteiger partial charge is 0.225 e. The van der Waals surface area contributed by atoms with Crippen LogP contribution in [0.1, 0.15) is 12.8 Å². The number of hydrogen-bond donors (Lipinski definition) is 1. The predicted octanol–water partition coefficient (Wildman–Crippen LogP) is 2.72. The summed E-state index contributed by atoms with van der Waals surface area (Å²) >= 11 is 6.23. The standard InChI is InChI=1S/C15H17ClN4/c16-13-6-2-1-5-12(13)14-7-8-18-15(19-14)20-9-3-4-11(17)10-20/h1-2,5-8,11H,3-4,9-10,17H2. The average Bonchev–Trinajstić information content (AvgIpc) is 2.48. The summed E-state index contributed by atoms with van der Waals surface area (Å²) in [7, 11) is 0. The summed E-state index contributed by atoms with van der Waals surface area (Å²) in [4.78, 5) is 11.2. The van der Waals surface area contributed by atoms with Gasteiger partial charge in [0.05, 0.1) is 5.69 Å². The third-order valence-corrected chi connectivity index (χ3v) is 3.86. The van der Waals surface area contributed by atoms with Crippen LogP contribution >= 0.6 is 11.6 Å². The highest BCUT2D eigenvalue weighted by Gasteiger charge is 2.19. The molecule has 3 rings (SSSR count). The zero-order valence-corrected chi connectivity index (χ0v) is 11.9. The molecule has 4 nitrogen and oxygen atoms in total. The van der Waals surface area contributed by atoms with E-state index in [9.17, 15) is 0 Å². The SMILES string of the molecule is NC1CCCN(c2nccc(-c3ccccc3Cl)n2)C1. The quantitative estimate of drug-likeness (QED) is 0.923. The Labute approximate surface area is 123 Å². The van der Waals surface area contributed by atoms with Crippen LogP contribution in [0.15, 0.2) is 36.5 Å². The highest BCUT2D eigenvalue weighted by atomic mass is 35.5. The van der Waals surface area contributed by atoms with Gasteiger partial charge >= 0.3 is 0 Å². The van der Waals surface area contributed by atoms with Gasteiger partial charge in [-0.15, -0.1) is 0 Å². The Kier molecular flexibility index (Phi) is 3.85. The van der Waals surface area contributed by atoms with Crippen molar-refractivity contribution in [1.29, 1.82) is 0 Å². The Morgan fingerprint density at radius 2 is 2.10 bits per heavy atom. The monoisotopic (exact) mass is 288 g/mol. The molecule has 1 aromatic carbocycles. The zero-order chi connectivity index (χ0) is 13.9. The number of piperidine rings is 1. The average molecular weight is 289 g/mol. The maximum absolute atomic E-state index is 6.23. The van der Waals surface area contributed by atoms with Crippen LogP contribution in [0.4, 0.5) is 5.95 Å². The van der Waals surface area contributed by atoms with Crippen LogP contribution in [0.2, 0.25) is 5.02 Å². The van der Waals surface area contributed by atoms with Crippen molar-refractivity contribution < 1.29 is 0 Å². The number of nitrogens with zero attached hydrogens (tertiary/aromatic N) is 3. The molecule has 1 atom stereocenters. The Morgan fingerprint density at radius 1 is 1.25 bits per heavy atom. The van der Waals surface area contributed by atoms with E-state index in [1.807, 2.05) is 30.3 Å². The molecule has 0 saturated carbocycles. The van der Waals surface area contributed by atoms with Crippen molar-refractivity contribution >= 4 is 17.5 Å². The van der Waals surface area contributed by atoms with Gasteiger partial charge in [0.15, 0.2) is 0 Å². The lowest BCUT2D eigenvalue weighted by molar-refractivity contribution is 0.500. The van der Waals surface area contributed by atoms with E-state index in [2.05, 4.69) is 14.9 Å². The third kappa shape index (κ3) is 2.76. The summed E-state index contributed by atoms with van der Waals surface area (Å²) < 4.78 is 0. The molecule has 0 bridgehead atoms. The number of halogens is 1. The van der Waals surface area contributed by atoms with Crippen LogP contribution < -0.4 is 10.6 Å². The molecule has 0 amide bonds. The van der Waals surface area contributed by atoms with Crippen molar-refractivity contribution in [1.82, 2.24) is 9.97 Å². The van der Waals surface area contributed by atoms with Gasteiger partial charge in [-0.2, -0.15) is 0 Å². The molecule has 104 valence electrons. The van der Waals surface area contributed by atoms with Crippen LogP contribution in [-0.4, -0.2) is 29.1 Å². The number of hydrogen-bond acceptors (Lipinski definition) is 4. The van der Waals surface area contributed by atoms with E-state index in [1.54, 1.807) is 6.20 Å². The van der Waals surface area contributed by atoms with Crippen molar-refractivity contribution in [3.05, 3.63) is 41.6 Å². The van der Waals surface area contributed by atoms with E-state index in [0.717, 1.165) is 43.1 Å². The molecule has 2 N–H and O–H groups in total. The minimum Gasteiger partial charge on any atom is -0.339 e. The molecule has 1 aliphatic heterocycles. The van der Waals surface area contributed by atoms with Gasteiger partial charge in [0.25, 0.3) is 0 Å². The number of rotatable bonds is 2. The Hall–Kier alpha value is -1.65. The molecule has 5 heteroatoms. The Bertz CT molecular complexity index is 602. The predicted molar refractivity (Wildman–Crippen MR) is 81.9 cm³/mol. The van der Waals surface area contributed by atoms with Gasteiger partial charge in [-0.1, -0.05) is 29.8 Å². The first kappa shape index (κ1) is 13.3. The summed E-state index contributed by atoms with van der Waals surface area (Å²) in [5, 5.41) is 0.701. The molecule has 1 saturated heterocycles. The van der Waals surface area contributed by atoms with E-state index >= 15 is 0 Å². The highest BCUT2D eigenvalue weighted by molar-refractivity contribution is 6.33. The number of nitrogens with two attached hydrogens (primary N) is 1. The molecule has 1 fully saturated rings. The maximum atomic E-state index is 6.23. The van der Waals surface area contributed by atoms with E-state index < -0.39 is 0 Å². The molecule has 0 aliphatic carbocycles. The van der Waals surface area contributed by atoms with Gasteiger partial charge < -0.3 is 10.6 Å². The first-order chi connectivity index (χ1) is 9.74. The molecule has 1 unspecified atom stereocenters. The van der Waals surface area contributed by atoms with Crippen molar-refractivity contribution in [2.24, 2.45) is 5.73 Å². The number of benzene rings is 1. The van der Waals surface area contributed by atoms with Crippen LogP contribution in [0.3, 0.4) is 0 Å². The molecule has 2 heterocycles. The summed E-state index contributed by atoms with van der Waals surface area (Å²) in [6, 6.07) is 9.80. The fourth-order valence-corrected chi connectivity index (χ4v) is 2.74. The Balaban J connectivity index is 1.92. The van der Waals surface area contributed by atoms with Gasteiger partial charge in [-0.25, -0.2) is 9.97 Å².